The Bertz CT molecular complexity index is 1720. The molecular formula is C29H26FN3O7S2. The lowest BCUT2D eigenvalue weighted by molar-refractivity contribution is -0.137. The number of esters is 2. The first-order valence-corrected chi connectivity index (χ1v) is 15.3. The molecule has 10 nitrogen and oxygen atoms in total. The molecule has 1 heterocycles. The van der Waals surface area contributed by atoms with Crippen LogP contribution in [0.15, 0.2) is 82.9 Å². The Morgan fingerprint density at radius 1 is 1.02 bits per heavy atom. The molecular weight excluding hydrogens is 585 g/mol. The number of thioether (sulfide) groups is 1. The van der Waals surface area contributed by atoms with Crippen molar-refractivity contribution >= 4 is 39.6 Å². The number of aromatic nitrogens is 3. The van der Waals surface area contributed by atoms with Crippen LogP contribution >= 0.6 is 11.8 Å². The predicted molar refractivity (Wildman–Crippen MR) is 155 cm³/mol. The Morgan fingerprint density at radius 3 is 2.38 bits per heavy atom. The third-order valence-corrected chi connectivity index (χ3v) is 7.54. The lowest BCUT2D eigenvalue weighted by Gasteiger charge is -2.08. The van der Waals surface area contributed by atoms with Gasteiger partial charge in [-0.3, -0.25) is 4.79 Å². The molecule has 218 valence electrons. The number of hydrogen-bond acceptors (Lipinski definition) is 10. The van der Waals surface area contributed by atoms with Crippen LogP contribution < -0.4 is 9.47 Å². The zero-order chi connectivity index (χ0) is 30.3. The molecule has 0 aliphatic heterocycles. The molecule has 0 spiro atoms. The van der Waals surface area contributed by atoms with E-state index in [0.717, 1.165) is 6.26 Å². The molecule has 0 bridgehead atoms. The standard InChI is InChI=1S/C29H26FN3O7S2/c1-19(34)40-25-14-4-20(18-26(25)38-2)5-15-27(35)39-16-17-41-29-31-28(21-6-12-24(13-7-21)42(3,36)37)33(32-29)23-10-8-22(30)9-11-23/h4-15,18H,16-17H2,1-3H3/b15-5+. The van der Waals surface area contributed by atoms with Gasteiger partial charge >= 0.3 is 11.9 Å². The monoisotopic (exact) mass is 611 g/mol. The van der Waals surface area contributed by atoms with Gasteiger partial charge in [0.15, 0.2) is 27.2 Å². The van der Waals surface area contributed by atoms with Gasteiger partial charge in [-0.25, -0.2) is 27.3 Å². The number of benzene rings is 3. The third kappa shape index (κ3) is 8.04. The van der Waals surface area contributed by atoms with Gasteiger partial charge in [0.05, 0.1) is 17.7 Å². The summed E-state index contributed by atoms with van der Waals surface area (Å²) in [4.78, 5) is 28.2. The quantitative estimate of drug-likeness (QED) is 0.0770. The molecule has 0 amide bonds. The van der Waals surface area contributed by atoms with Crippen molar-refractivity contribution in [3.63, 3.8) is 0 Å². The van der Waals surface area contributed by atoms with Crippen LogP contribution in [0, 0.1) is 5.82 Å². The molecule has 4 rings (SSSR count). The minimum atomic E-state index is -3.37. The molecule has 0 unspecified atom stereocenters. The van der Waals surface area contributed by atoms with Gasteiger partial charge in [0.2, 0.25) is 5.16 Å². The minimum absolute atomic E-state index is 0.0754. The number of carbonyl (C=O) groups excluding carboxylic acids is 2. The molecule has 1 aromatic heterocycles. The van der Waals surface area contributed by atoms with Crippen molar-refractivity contribution in [1.82, 2.24) is 14.8 Å². The summed E-state index contributed by atoms with van der Waals surface area (Å²) in [7, 11) is -1.93. The summed E-state index contributed by atoms with van der Waals surface area (Å²) >= 11 is 1.25. The lowest BCUT2D eigenvalue weighted by Crippen LogP contribution is -2.04. The highest BCUT2D eigenvalue weighted by atomic mass is 32.2. The van der Waals surface area contributed by atoms with Crippen molar-refractivity contribution in [2.24, 2.45) is 0 Å². The molecule has 0 atom stereocenters. The summed E-state index contributed by atoms with van der Waals surface area (Å²) < 4.78 is 54.3. The number of carbonyl (C=O) groups is 2. The van der Waals surface area contributed by atoms with Crippen LogP contribution in [0.5, 0.6) is 11.5 Å². The van der Waals surface area contributed by atoms with E-state index in [-0.39, 0.29) is 17.3 Å². The average molecular weight is 612 g/mol. The van der Waals surface area contributed by atoms with Gasteiger partial charge < -0.3 is 14.2 Å². The Labute approximate surface area is 246 Å². The second-order valence-corrected chi connectivity index (χ2v) is 11.8. The van der Waals surface area contributed by atoms with Crippen LogP contribution in [0.1, 0.15) is 12.5 Å². The number of sulfone groups is 1. The zero-order valence-corrected chi connectivity index (χ0v) is 24.4. The molecule has 0 N–H and O–H groups in total. The van der Waals surface area contributed by atoms with E-state index < -0.39 is 27.6 Å². The van der Waals surface area contributed by atoms with E-state index in [0.29, 0.717) is 39.3 Å². The van der Waals surface area contributed by atoms with Crippen LogP contribution in [-0.2, 0) is 24.2 Å². The second kappa shape index (κ2) is 13.4. The fourth-order valence-corrected chi connectivity index (χ4v) is 4.94. The molecule has 42 heavy (non-hydrogen) atoms. The first kappa shape index (κ1) is 30.5. The van der Waals surface area contributed by atoms with Gasteiger partial charge in [0.25, 0.3) is 0 Å². The van der Waals surface area contributed by atoms with Crippen molar-refractivity contribution in [1.29, 1.82) is 0 Å². The highest BCUT2D eigenvalue weighted by molar-refractivity contribution is 7.99. The minimum Gasteiger partial charge on any atom is -0.493 e. The molecule has 0 aliphatic carbocycles. The van der Waals surface area contributed by atoms with Crippen LogP contribution in [0.25, 0.3) is 23.2 Å². The largest absolute Gasteiger partial charge is 0.493 e. The van der Waals surface area contributed by atoms with Gasteiger partial charge in [0.1, 0.15) is 12.4 Å². The van der Waals surface area contributed by atoms with E-state index in [1.165, 1.54) is 60.8 Å². The maximum absolute atomic E-state index is 13.5. The number of rotatable bonds is 11. The molecule has 0 radical (unpaired) electrons. The molecule has 0 fully saturated rings. The summed E-state index contributed by atoms with van der Waals surface area (Å²) in [5, 5.41) is 4.90. The summed E-state index contributed by atoms with van der Waals surface area (Å²) in [6.07, 6.45) is 3.94. The first-order valence-electron chi connectivity index (χ1n) is 12.4. The van der Waals surface area contributed by atoms with E-state index in [2.05, 4.69) is 10.1 Å². The van der Waals surface area contributed by atoms with E-state index >= 15 is 0 Å². The average Bonchev–Trinajstić information content (AvgIpc) is 3.38. The van der Waals surface area contributed by atoms with Crippen LogP contribution in [0.3, 0.4) is 0 Å². The van der Waals surface area contributed by atoms with Crippen molar-refractivity contribution in [2.75, 3.05) is 25.7 Å². The smallest absolute Gasteiger partial charge is 0.330 e. The fourth-order valence-electron chi connectivity index (χ4n) is 3.67. The molecule has 13 heteroatoms. The van der Waals surface area contributed by atoms with Gasteiger partial charge in [-0.05, 0) is 72.3 Å². The van der Waals surface area contributed by atoms with E-state index in [9.17, 15) is 22.4 Å². The highest BCUT2D eigenvalue weighted by Crippen LogP contribution is 2.29. The predicted octanol–water partition coefficient (Wildman–Crippen LogP) is 4.76. The third-order valence-electron chi connectivity index (χ3n) is 5.61. The normalized spacial score (nSPS) is 11.4. The summed E-state index contributed by atoms with van der Waals surface area (Å²) in [6, 6.07) is 16.8. The molecule has 4 aromatic rings. The Hall–Kier alpha value is -4.49. The number of hydrogen-bond donors (Lipinski definition) is 0. The van der Waals surface area contributed by atoms with Crippen LogP contribution in [0.4, 0.5) is 4.39 Å². The van der Waals surface area contributed by atoms with Gasteiger partial charge in [-0.15, -0.1) is 5.10 Å². The Balaban J connectivity index is 1.41. The van der Waals surface area contributed by atoms with Gasteiger partial charge in [0, 0.05) is 30.6 Å². The molecule has 0 saturated heterocycles. The van der Waals surface area contributed by atoms with Crippen LogP contribution in [-0.4, -0.2) is 60.8 Å². The Morgan fingerprint density at radius 2 is 1.74 bits per heavy atom. The van der Waals surface area contributed by atoms with Gasteiger partial charge in [-0.2, -0.15) is 0 Å². The maximum Gasteiger partial charge on any atom is 0.330 e. The van der Waals surface area contributed by atoms with Crippen molar-refractivity contribution in [2.45, 2.75) is 17.0 Å². The van der Waals surface area contributed by atoms with Gasteiger partial charge in [-0.1, -0.05) is 17.8 Å². The Kier molecular flexibility index (Phi) is 9.76. The van der Waals surface area contributed by atoms with E-state index in [4.69, 9.17) is 14.2 Å². The second-order valence-electron chi connectivity index (χ2n) is 8.76. The highest BCUT2D eigenvalue weighted by Gasteiger charge is 2.16. The lowest BCUT2D eigenvalue weighted by atomic mass is 10.2. The summed E-state index contributed by atoms with van der Waals surface area (Å²) in [5.74, 6) is -0.0443. The topological polar surface area (TPSA) is 127 Å². The van der Waals surface area contributed by atoms with E-state index in [1.54, 1.807) is 48.5 Å². The van der Waals surface area contributed by atoms with Crippen molar-refractivity contribution in [3.05, 3.63) is 84.2 Å². The van der Waals surface area contributed by atoms with E-state index in [1.807, 2.05) is 0 Å². The molecule has 0 saturated carbocycles. The summed E-state index contributed by atoms with van der Waals surface area (Å²) in [5.41, 5.74) is 1.81. The first-order chi connectivity index (χ1) is 20.0. The number of ether oxygens (including phenoxy) is 3. The number of halogens is 1. The van der Waals surface area contributed by atoms with Crippen molar-refractivity contribution in [3.8, 4) is 28.6 Å². The summed E-state index contributed by atoms with van der Waals surface area (Å²) in [6.45, 7) is 1.36. The molecule has 3 aromatic carbocycles. The fraction of sp³-hybridized carbons (Fsp3) is 0.172. The van der Waals surface area contributed by atoms with Crippen LogP contribution in [0.2, 0.25) is 0 Å². The zero-order valence-electron chi connectivity index (χ0n) is 22.8. The SMILES string of the molecule is COc1cc(/C=C/C(=O)OCCSc2nc(-c3ccc(S(C)(=O)=O)cc3)n(-c3ccc(F)cc3)n2)ccc1OC(C)=O. The number of nitrogens with zero attached hydrogens (tertiary/aromatic N) is 3. The van der Waals surface area contributed by atoms with Crippen molar-refractivity contribution < 1.29 is 36.6 Å². The maximum atomic E-state index is 13.5. The number of methoxy groups -OCH3 is 1. The molecule has 0 aliphatic rings.